The zero-order valence-electron chi connectivity index (χ0n) is 11.2. The molecule has 3 N–H and O–H groups in total. The molecule has 18 heavy (non-hydrogen) atoms. The number of nitrogen functional groups attached to an aromatic ring is 1. The fourth-order valence-corrected chi connectivity index (χ4v) is 1.63. The Morgan fingerprint density at radius 2 is 2.33 bits per heavy atom. The minimum absolute atomic E-state index is 0.269. The number of nitrogens with zero attached hydrogens (tertiary/aromatic N) is 1. The van der Waals surface area contributed by atoms with Crippen molar-refractivity contribution in [1.29, 1.82) is 0 Å². The highest BCUT2D eigenvalue weighted by Crippen LogP contribution is 2.15. The predicted octanol–water partition coefficient (Wildman–Crippen LogP) is 0.660. The highest BCUT2D eigenvalue weighted by Gasteiger charge is 2.15. The first-order valence-corrected chi connectivity index (χ1v) is 5.95. The van der Waals surface area contributed by atoms with Gasteiger partial charge in [0, 0.05) is 18.7 Å². The number of hydrogen-bond acceptors (Lipinski definition) is 5. The number of hydrogen-bond donors (Lipinski definition) is 2. The van der Waals surface area contributed by atoms with Crippen LogP contribution in [0.3, 0.4) is 0 Å². The van der Waals surface area contributed by atoms with E-state index in [0.29, 0.717) is 19.8 Å². The number of nitrogens with one attached hydrogen (secondary N) is 1. The highest BCUT2D eigenvalue weighted by atomic mass is 16.5. The molecule has 1 amide bonds. The van der Waals surface area contributed by atoms with Crippen LogP contribution in [0.2, 0.25) is 0 Å². The zero-order chi connectivity index (χ0) is 13.5. The van der Waals surface area contributed by atoms with Gasteiger partial charge in [-0.15, -0.1) is 0 Å². The molecule has 6 heteroatoms. The number of aryl methyl sites for hydroxylation is 1. The first-order chi connectivity index (χ1) is 8.58. The molecule has 0 aliphatic rings. The lowest BCUT2D eigenvalue weighted by Gasteiger charge is -2.14. The van der Waals surface area contributed by atoms with E-state index >= 15 is 0 Å². The van der Waals surface area contributed by atoms with Crippen molar-refractivity contribution in [2.45, 2.75) is 20.4 Å². The van der Waals surface area contributed by atoms with E-state index in [4.69, 9.17) is 15.0 Å². The summed E-state index contributed by atoms with van der Waals surface area (Å²) < 4.78 is 10.7. The maximum absolute atomic E-state index is 11.4. The molecule has 0 saturated carbocycles. The minimum atomic E-state index is -0.407. The van der Waals surface area contributed by atoms with E-state index in [-0.39, 0.29) is 5.76 Å². The van der Waals surface area contributed by atoms with Crippen LogP contribution in [0.4, 0.5) is 0 Å². The summed E-state index contributed by atoms with van der Waals surface area (Å²) in [6, 6.07) is 1.85. The molecule has 6 nitrogen and oxygen atoms in total. The molecule has 102 valence electrons. The summed E-state index contributed by atoms with van der Waals surface area (Å²) in [6.07, 6.45) is 0. The van der Waals surface area contributed by atoms with Gasteiger partial charge in [-0.1, -0.05) is 0 Å². The fourth-order valence-electron chi connectivity index (χ4n) is 1.63. The van der Waals surface area contributed by atoms with Gasteiger partial charge in [-0.05, 0) is 27.0 Å². The van der Waals surface area contributed by atoms with E-state index in [9.17, 15) is 4.79 Å². The summed E-state index contributed by atoms with van der Waals surface area (Å²) in [5.41, 5.74) is 2.85. The zero-order valence-corrected chi connectivity index (χ0v) is 11.2. The van der Waals surface area contributed by atoms with Crippen molar-refractivity contribution in [2.75, 3.05) is 26.8 Å². The first-order valence-electron chi connectivity index (χ1n) is 5.95. The number of amides is 1. The van der Waals surface area contributed by atoms with Crippen molar-refractivity contribution < 1.29 is 13.9 Å². The Balaban J connectivity index is 2.54. The highest BCUT2D eigenvalue weighted by molar-refractivity contribution is 5.92. The van der Waals surface area contributed by atoms with Crippen molar-refractivity contribution in [3.63, 3.8) is 0 Å². The van der Waals surface area contributed by atoms with Crippen molar-refractivity contribution >= 4 is 5.91 Å². The molecular weight excluding hydrogens is 234 g/mol. The summed E-state index contributed by atoms with van der Waals surface area (Å²) in [5, 5.41) is 0. The van der Waals surface area contributed by atoms with E-state index in [0.717, 1.165) is 17.9 Å². The van der Waals surface area contributed by atoms with Gasteiger partial charge in [0.25, 0.3) is 0 Å². The van der Waals surface area contributed by atoms with Crippen LogP contribution in [0.25, 0.3) is 0 Å². The van der Waals surface area contributed by atoms with Crippen LogP contribution in [0, 0.1) is 6.92 Å². The number of carbonyl (C=O) groups excluding carboxylic acids is 1. The number of hydrazine groups is 1. The van der Waals surface area contributed by atoms with Crippen LogP contribution >= 0.6 is 0 Å². The minimum Gasteiger partial charge on any atom is -0.454 e. The van der Waals surface area contributed by atoms with E-state index in [2.05, 4.69) is 10.3 Å². The maximum Gasteiger partial charge on any atom is 0.301 e. The molecule has 1 aromatic rings. The van der Waals surface area contributed by atoms with Gasteiger partial charge in [-0.3, -0.25) is 15.1 Å². The predicted molar refractivity (Wildman–Crippen MR) is 67.9 cm³/mol. The standard InChI is InChI=1S/C12H21N3O3/c1-4-17-6-5-15(3)8-10-7-9(2)11(18-10)12(16)14-13/h7H,4-6,8,13H2,1-3H3,(H,14,16). The summed E-state index contributed by atoms with van der Waals surface area (Å²) in [5.74, 6) is 5.68. The molecule has 0 aromatic carbocycles. The molecule has 0 unspecified atom stereocenters. The molecule has 0 fully saturated rings. The van der Waals surface area contributed by atoms with Crippen LogP contribution in [-0.2, 0) is 11.3 Å². The normalized spacial score (nSPS) is 10.9. The molecule has 0 aliphatic carbocycles. The van der Waals surface area contributed by atoms with Gasteiger partial charge in [0.15, 0.2) is 5.76 Å². The lowest BCUT2D eigenvalue weighted by Crippen LogP contribution is -2.30. The van der Waals surface area contributed by atoms with Crippen LogP contribution in [-0.4, -0.2) is 37.6 Å². The quantitative estimate of drug-likeness (QED) is 0.324. The Bertz CT molecular complexity index is 390. The third kappa shape index (κ3) is 4.14. The first kappa shape index (κ1) is 14.7. The van der Waals surface area contributed by atoms with Crippen LogP contribution < -0.4 is 11.3 Å². The molecular formula is C12H21N3O3. The second-order valence-corrected chi connectivity index (χ2v) is 4.13. The van der Waals surface area contributed by atoms with Gasteiger partial charge < -0.3 is 9.15 Å². The molecule has 0 bridgehead atoms. The summed E-state index contributed by atoms with van der Waals surface area (Å²) >= 11 is 0. The fraction of sp³-hybridized carbons (Fsp3) is 0.583. The summed E-state index contributed by atoms with van der Waals surface area (Å²) in [7, 11) is 1.97. The Kier molecular flexibility index (Phi) is 5.84. The van der Waals surface area contributed by atoms with Gasteiger partial charge in [0.1, 0.15) is 5.76 Å². The molecule has 0 atom stereocenters. The third-order valence-electron chi connectivity index (χ3n) is 2.55. The van der Waals surface area contributed by atoms with Crippen LogP contribution in [0.15, 0.2) is 10.5 Å². The van der Waals surface area contributed by atoms with Crippen molar-refractivity contribution in [3.05, 3.63) is 23.2 Å². The van der Waals surface area contributed by atoms with E-state index in [1.807, 2.05) is 27.0 Å². The molecule has 0 radical (unpaired) electrons. The Labute approximate surface area is 107 Å². The largest absolute Gasteiger partial charge is 0.454 e. The average molecular weight is 255 g/mol. The summed E-state index contributed by atoms with van der Waals surface area (Å²) in [4.78, 5) is 13.4. The lowest BCUT2D eigenvalue weighted by molar-refractivity contribution is 0.0918. The number of rotatable bonds is 7. The second kappa shape index (κ2) is 7.15. The SMILES string of the molecule is CCOCCN(C)Cc1cc(C)c(C(=O)NN)o1. The third-order valence-corrected chi connectivity index (χ3v) is 2.55. The van der Waals surface area contributed by atoms with Crippen molar-refractivity contribution in [1.82, 2.24) is 10.3 Å². The van der Waals surface area contributed by atoms with E-state index in [1.165, 1.54) is 0 Å². The second-order valence-electron chi connectivity index (χ2n) is 4.13. The number of furan rings is 1. The van der Waals surface area contributed by atoms with Crippen LogP contribution in [0.5, 0.6) is 0 Å². The van der Waals surface area contributed by atoms with Gasteiger partial charge in [0.05, 0.1) is 13.2 Å². The smallest absolute Gasteiger partial charge is 0.301 e. The Hall–Kier alpha value is -1.37. The van der Waals surface area contributed by atoms with Crippen molar-refractivity contribution in [3.8, 4) is 0 Å². The number of carbonyl (C=O) groups is 1. The van der Waals surface area contributed by atoms with Crippen LogP contribution in [0.1, 0.15) is 28.8 Å². The van der Waals surface area contributed by atoms with Gasteiger partial charge >= 0.3 is 5.91 Å². The summed E-state index contributed by atoms with van der Waals surface area (Å²) in [6.45, 7) is 6.63. The Morgan fingerprint density at radius 1 is 1.61 bits per heavy atom. The van der Waals surface area contributed by atoms with E-state index in [1.54, 1.807) is 0 Å². The molecule has 1 heterocycles. The number of likely N-dealkylation sites (N-methyl/N-ethyl adjacent to an activating group) is 1. The van der Waals surface area contributed by atoms with Gasteiger partial charge in [-0.2, -0.15) is 0 Å². The number of ether oxygens (including phenoxy) is 1. The molecule has 1 aromatic heterocycles. The molecule has 0 spiro atoms. The average Bonchev–Trinajstić information content (AvgIpc) is 2.69. The maximum atomic E-state index is 11.4. The van der Waals surface area contributed by atoms with Gasteiger partial charge in [0.2, 0.25) is 0 Å². The van der Waals surface area contributed by atoms with Crippen molar-refractivity contribution in [2.24, 2.45) is 5.84 Å². The van der Waals surface area contributed by atoms with Gasteiger partial charge in [-0.25, -0.2) is 5.84 Å². The molecule has 1 rings (SSSR count). The van der Waals surface area contributed by atoms with E-state index < -0.39 is 5.91 Å². The molecule has 0 saturated heterocycles. The topological polar surface area (TPSA) is 80.7 Å². The monoisotopic (exact) mass is 255 g/mol. The lowest BCUT2D eigenvalue weighted by atomic mass is 10.2. The molecule has 0 aliphatic heterocycles. The Morgan fingerprint density at radius 3 is 2.94 bits per heavy atom. The number of nitrogens with two attached hydrogens (primary N) is 1.